The average molecular weight is 367 g/mol. The van der Waals surface area contributed by atoms with Crippen LogP contribution in [0.2, 0.25) is 5.02 Å². The van der Waals surface area contributed by atoms with E-state index in [0.29, 0.717) is 37.6 Å². The highest BCUT2D eigenvalue weighted by Gasteiger charge is 2.44. The summed E-state index contributed by atoms with van der Waals surface area (Å²) < 4.78 is 5.37. The number of ether oxygens (including phenoxy) is 1. The molecule has 0 spiro atoms. The number of benzene rings is 1. The molecule has 0 radical (unpaired) electrons. The van der Waals surface area contributed by atoms with E-state index in [2.05, 4.69) is 5.32 Å². The van der Waals surface area contributed by atoms with Crippen LogP contribution in [0, 0.1) is 5.41 Å². The third-order valence-electron chi connectivity index (χ3n) is 4.42. The Morgan fingerprint density at radius 3 is 2.80 bits per heavy atom. The third kappa shape index (κ3) is 5.11. The fraction of sp³-hybridized carbons (Fsp3) is 0.579. The fourth-order valence-electron chi connectivity index (χ4n) is 3.35. The van der Waals surface area contributed by atoms with E-state index in [1.54, 1.807) is 11.8 Å². The molecular weight excluding hydrogens is 340 g/mol. The molecule has 1 heterocycles. The summed E-state index contributed by atoms with van der Waals surface area (Å²) in [6, 6.07) is 7.44. The number of esters is 1. The zero-order valence-corrected chi connectivity index (χ0v) is 15.9. The molecule has 1 aliphatic rings. The fourth-order valence-corrected chi connectivity index (χ4v) is 3.56. The van der Waals surface area contributed by atoms with Crippen molar-refractivity contribution in [2.75, 3.05) is 19.7 Å². The Hall–Kier alpha value is -1.75. The van der Waals surface area contributed by atoms with Crippen molar-refractivity contribution < 1.29 is 14.3 Å². The van der Waals surface area contributed by atoms with Crippen molar-refractivity contribution in [2.24, 2.45) is 5.41 Å². The largest absolute Gasteiger partial charge is 0.466 e. The predicted molar refractivity (Wildman–Crippen MR) is 98.7 cm³/mol. The molecule has 1 aromatic rings. The topological polar surface area (TPSA) is 58.6 Å². The minimum absolute atomic E-state index is 0.0550. The van der Waals surface area contributed by atoms with E-state index >= 15 is 0 Å². The van der Waals surface area contributed by atoms with E-state index in [1.165, 1.54) is 0 Å². The minimum Gasteiger partial charge on any atom is -0.466 e. The Kier molecular flexibility index (Phi) is 6.71. The van der Waals surface area contributed by atoms with Gasteiger partial charge in [0.25, 0.3) is 0 Å². The van der Waals surface area contributed by atoms with E-state index in [-0.39, 0.29) is 18.0 Å². The average Bonchev–Trinajstić information content (AvgIpc) is 2.54. The SMILES string of the molecule is CCOC(=O)[C@]1(Cc2cccc(Cl)c2)CCCN(C(=O)NC(C)C)C1. The second-order valence-electron chi connectivity index (χ2n) is 6.94. The molecule has 0 bridgehead atoms. The number of urea groups is 1. The Labute approximate surface area is 154 Å². The number of halogens is 1. The van der Waals surface area contributed by atoms with Gasteiger partial charge in [-0.25, -0.2) is 4.79 Å². The molecule has 1 N–H and O–H groups in total. The lowest BCUT2D eigenvalue weighted by molar-refractivity contribution is -0.158. The Bertz CT molecular complexity index is 620. The molecule has 1 saturated heterocycles. The number of amides is 2. The maximum absolute atomic E-state index is 12.8. The van der Waals surface area contributed by atoms with E-state index in [0.717, 1.165) is 12.0 Å². The summed E-state index contributed by atoms with van der Waals surface area (Å²) in [5.74, 6) is -0.239. The summed E-state index contributed by atoms with van der Waals surface area (Å²) in [7, 11) is 0. The molecule has 1 aromatic carbocycles. The van der Waals surface area contributed by atoms with Gasteiger partial charge < -0.3 is 15.0 Å². The summed E-state index contributed by atoms with van der Waals surface area (Å²) >= 11 is 6.09. The van der Waals surface area contributed by atoms with E-state index in [1.807, 2.05) is 38.1 Å². The van der Waals surface area contributed by atoms with Crippen LogP contribution in [0.5, 0.6) is 0 Å². The van der Waals surface area contributed by atoms with Crippen LogP contribution in [0.4, 0.5) is 4.79 Å². The van der Waals surface area contributed by atoms with Crippen molar-refractivity contribution in [3.05, 3.63) is 34.9 Å². The number of nitrogens with zero attached hydrogens (tertiary/aromatic N) is 1. The molecule has 5 nitrogen and oxygen atoms in total. The first kappa shape index (κ1) is 19.6. The lowest BCUT2D eigenvalue weighted by Crippen LogP contribution is -2.54. The van der Waals surface area contributed by atoms with Crippen LogP contribution in [0.3, 0.4) is 0 Å². The first-order valence-electron chi connectivity index (χ1n) is 8.83. The van der Waals surface area contributed by atoms with Crippen molar-refractivity contribution in [1.82, 2.24) is 10.2 Å². The second-order valence-corrected chi connectivity index (χ2v) is 7.37. The summed E-state index contributed by atoms with van der Waals surface area (Å²) in [6.07, 6.45) is 1.98. The van der Waals surface area contributed by atoms with Gasteiger partial charge in [-0.3, -0.25) is 4.79 Å². The predicted octanol–water partition coefficient (Wildman–Crippen LogP) is 3.65. The molecule has 0 unspecified atom stereocenters. The lowest BCUT2D eigenvalue weighted by atomic mass is 9.75. The zero-order valence-electron chi connectivity index (χ0n) is 15.2. The summed E-state index contributed by atoms with van der Waals surface area (Å²) in [4.78, 5) is 26.9. The molecule has 0 saturated carbocycles. The molecular formula is C19H27ClN2O3. The van der Waals surface area contributed by atoms with Gasteiger partial charge in [0.1, 0.15) is 0 Å². The van der Waals surface area contributed by atoms with Crippen LogP contribution in [0.25, 0.3) is 0 Å². The molecule has 1 atom stereocenters. The van der Waals surface area contributed by atoms with Gasteiger partial charge in [0, 0.05) is 24.2 Å². The van der Waals surface area contributed by atoms with Crippen LogP contribution >= 0.6 is 11.6 Å². The Balaban J connectivity index is 2.25. The quantitative estimate of drug-likeness (QED) is 0.809. The molecule has 0 aromatic heterocycles. The lowest BCUT2D eigenvalue weighted by Gasteiger charge is -2.41. The Morgan fingerprint density at radius 1 is 1.40 bits per heavy atom. The van der Waals surface area contributed by atoms with Crippen molar-refractivity contribution in [1.29, 1.82) is 0 Å². The van der Waals surface area contributed by atoms with Crippen molar-refractivity contribution in [3.8, 4) is 0 Å². The summed E-state index contributed by atoms with van der Waals surface area (Å²) in [5, 5.41) is 3.55. The number of carbonyl (C=O) groups is 2. The summed E-state index contributed by atoms with van der Waals surface area (Å²) in [6.45, 7) is 6.98. The number of piperidine rings is 1. The number of hydrogen-bond acceptors (Lipinski definition) is 3. The van der Waals surface area contributed by atoms with Crippen LogP contribution in [-0.2, 0) is 16.0 Å². The van der Waals surface area contributed by atoms with Crippen LogP contribution in [-0.4, -0.2) is 42.6 Å². The molecule has 2 rings (SSSR count). The van der Waals surface area contributed by atoms with Gasteiger partial charge in [0.2, 0.25) is 0 Å². The smallest absolute Gasteiger partial charge is 0.317 e. The number of nitrogens with one attached hydrogen (secondary N) is 1. The van der Waals surface area contributed by atoms with Crippen molar-refractivity contribution >= 4 is 23.6 Å². The molecule has 2 amide bonds. The van der Waals surface area contributed by atoms with Crippen molar-refractivity contribution in [3.63, 3.8) is 0 Å². The van der Waals surface area contributed by atoms with Gasteiger partial charge in [-0.05, 0) is 57.7 Å². The van der Waals surface area contributed by atoms with E-state index < -0.39 is 5.41 Å². The van der Waals surface area contributed by atoms with E-state index in [9.17, 15) is 9.59 Å². The molecule has 6 heteroatoms. The van der Waals surface area contributed by atoms with Crippen molar-refractivity contribution in [2.45, 2.75) is 46.1 Å². The van der Waals surface area contributed by atoms with E-state index in [4.69, 9.17) is 16.3 Å². The maximum Gasteiger partial charge on any atom is 0.317 e. The first-order chi connectivity index (χ1) is 11.9. The van der Waals surface area contributed by atoms with Gasteiger partial charge in [0.15, 0.2) is 0 Å². The highest BCUT2D eigenvalue weighted by molar-refractivity contribution is 6.30. The Morgan fingerprint density at radius 2 is 2.16 bits per heavy atom. The molecule has 138 valence electrons. The molecule has 1 aliphatic heterocycles. The zero-order chi connectivity index (χ0) is 18.4. The molecule has 25 heavy (non-hydrogen) atoms. The normalized spacial score (nSPS) is 20.4. The summed E-state index contributed by atoms with van der Waals surface area (Å²) in [5.41, 5.74) is 0.249. The number of carbonyl (C=O) groups excluding carboxylic acids is 2. The van der Waals surface area contributed by atoms with Gasteiger partial charge in [-0.2, -0.15) is 0 Å². The maximum atomic E-state index is 12.8. The van der Waals surface area contributed by atoms with Crippen LogP contribution in [0.15, 0.2) is 24.3 Å². The van der Waals surface area contributed by atoms with Gasteiger partial charge >= 0.3 is 12.0 Å². The standard InChI is InChI=1S/C19H27ClN2O3/c1-4-25-17(23)19(12-15-7-5-8-16(20)11-15)9-6-10-22(13-19)18(24)21-14(2)3/h5,7-8,11,14H,4,6,9-10,12-13H2,1-3H3,(H,21,24)/t19-/m0/s1. The van der Waals surface area contributed by atoms with Crippen LogP contribution in [0.1, 0.15) is 39.2 Å². The first-order valence-corrected chi connectivity index (χ1v) is 9.21. The highest BCUT2D eigenvalue weighted by atomic mass is 35.5. The van der Waals surface area contributed by atoms with Gasteiger partial charge in [-0.15, -0.1) is 0 Å². The number of hydrogen-bond donors (Lipinski definition) is 1. The van der Waals surface area contributed by atoms with Gasteiger partial charge in [0.05, 0.1) is 12.0 Å². The second kappa shape index (κ2) is 8.56. The molecule has 1 fully saturated rings. The number of rotatable bonds is 5. The third-order valence-corrected chi connectivity index (χ3v) is 4.65. The highest BCUT2D eigenvalue weighted by Crippen LogP contribution is 2.36. The molecule has 0 aliphatic carbocycles. The monoisotopic (exact) mass is 366 g/mol. The van der Waals surface area contributed by atoms with Crippen LogP contribution < -0.4 is 5.32 Å². The number of likely N-dealkylation sites (tertiary alicyclic amines) is 1. The van der Waals surface area contributed by atoms with Gasteiger partial charge in [-0.1, -0.05) is 23.7 Å². The minimum atomic E-state index is -0.729.